The molecule has 0 radical (unpaired) electrons. The predicted molar refractivity (Wildman–Crippen MR) is 114 cm³/mol. The molecule has 7 heteroatoms. The molecule has 6 nitrogen and oxygen atoms in total. The zero-order valence-electron chi connectivity index (χ0n) is 17.1. The number of carbonyl (C=O) groups is 1. The summed E-state index contributed by atoms with van der Waals surface area (Å²) in [6.45, 7) is 4.11. The van der Waals surface area contributed by atoms with Gasteiger partial charge in [0.1, 0.15) is 0 Å². The lowest BCUT2D eigenvalue weighted by molar-refractivity contribution is 0.0921. The second-order valence-electron chi connectivity index (χ2n) is 8.52. The van der Waals surface area contributed by atoms with Crippen LogP contribution in [0.5, 0.6) is 0 Å². The quantitative estimate of drug-likeness (QED) is 0.827. The SMILES string of the molecule is Cc1ccc(-c2cc(C(=O)NC3CCCCC3)nn2C2CCS(=O)(=O)C2)cc1C. The van der Waals surface area contributed by atoms with Crippen molar-refractivity contribution in [2.75, 3.05) is 11.5 Å². The van der Waals surface area contributed by atoms with E-state index >= 15 is 0 Å². The van der Waals surface area contributed by atoms with E-state index in [4.69, 9.17) is 0 Å². The first kappa shape index (κ1) is 20.1. The predicted octanol–water partition coefficient (Wildman–Crippen LogP) is 3.59. The second kappa shape index (κ2) is 7.94. The number of hydrogen-bond donors (Lipinski definition) is 1. The Hall–Kier alpha value is -2.15. The third-order valence-corrected chi connectivity index (χ3v) is 8.02. The van der Waals surface area contributed by atoms with E-state index in [0.29, 0.717) is 12.1 Å². The number of sulfone groups is 1. The minimum absolute atomic E-state index is 0.0796. The van der Waals surface area contributed by atoms with Crippen LogP contribution >= 0.6 is 0 Å². The molecule has 2 aliphatic rings. The van der Waals surface area contributed by atoms with E-state index < -0.39 is 9.84 Å². The average molecular weight is 416 g/mol. The van der Waals surface area contributed by atoms with Crippen LogP contribution in [0.3, 0.4) is 0 Å². The Bertz CT molecular complexity index is 1020. The number of aryl methyl sites for hydroxylation is 2. The molecule has 1 aromatic carbocycles. The first-order chi connectivity index (χ1) is 13.8. The van der Waals surface area contributed by atoms with Crippen LogP contribution in [-0.2, 0) is 9.84 Å². The summed E-state index contributed by atoms with van der Waals surface area (Å²) >= 11 is 0. The van der Waals surface area contributed by atoms with Crippen LogP contribution in [0.1, 0.15) is 66.2 Å². The van der Waals surface area contributed by atoms with E-state index in [9.17, 15) is 13.2 Å². The maximum atomic E-state index is 12.9. The van der Waals surface area contributed by atoms with Gasteiger partial charge in [-0.15, -0.1) is 0 Å². The van der Waals surface area contributed by atoms with Gasteiger partial charge in [-0.3, -0.25) is 9.48 Å². The van der Waals surface area contributed by atoms with Gasteiger partial charge in [-0.1, -0.05) is 31.4 Å². The number of rotatable bonds is 4. The smallest absolute Gasteiger partial charge is 0.272 e. The molecule has 29 heavy (non-hydrogen) atoms. The Labute approximate surface area is 172 Å². The van der Waals surface area contributed by atoms with Crippen molar-refractivity contribution in [3.8, 4) is 11.3 Å². The van der Waals surface area contributed by atoms with Crippen molar-refractivity contribution in [2.24, 2.45) is 0 Å². The third-order valence-electron chi connectivity index (χ3n) is 6.27. The molecule has 2 fully saturated rings. The number of hydrogen-bond acceptors (Lipinski definition) is 4. The van der Waals surface area contributed by atoms with E-state index in [0.717, 1.165) is 42.5 Å². The molecule has 2 aromatic rings. The van der Waals surface area contributed by atoms with Crippen molar-refractivity contribution in [3.63, 3.8) is 0 Å². The Balaban J connectivity index is 1.68. The first-order valence-corrected chi connectivity index (χ1v) is 12.3. The van der Waals surface area contributed by atoms with Gasteiger partial charge in [-0.05, 0) is 56.4 Å². The average Bonchev–Trinajstić information content (AvgIpc) is 3.28. The van der Waals surface area contributed by atoms with Crippen molar-refractivity contribution in [1.82, 2.24) is 15.1 Å². The van der Waals surface area contributed by atoms with Crippen LogP contribution < -0.4 is 5.32 Å². The van der Waals surface area contributed by atoms with Gasteiger partial charge < -0.3 is 5.32 Å². The fourth-order valence-corrected chi connectivity index (χ4v) is 6.07. The molecule has 1 unspecified atom stereocenters. The maximum Gasteiger partial charge on any atom is 0.272 e. The summed E-state index contributed by atoms with van der Waals surface area (Å²) in [6, 6.07) is 7.94. The third kappa shape index (κ3) is 4.39. The molecule has 1 N–H and O–H groups in total. The van der Waals surface area contributed by atoms with Crippen molar-refractivity contribution in [2.45, 2.75) is 64.5 Å². The van der Waals surface area contributed by atoms with E-state index in [1.54, 1.807) is 4.68 Å². The fourth-order valence-electron chi connectivity index (χ4n) is 4.37. The standard InChI is InChI=1S/C22H29N3O3S/c1-15-8-9-17(12-16(15)2)21-13-20(22(26)23-18-6-4-3-5-7-18)24-25(21)19-10-11-29(27,28)14-19/h8-9,12-13,18-19H,3-7,10-11,14H2,1-2H3,(H,23,26). The summed E-state index contributed by atoms with van der Waals surface area (Å²) in [4.78, 5) is 12.9. The largest absolute Gasteiger partial charge is 0.348 e. The lowest BCUT2D eigenvalue weighted by Crippen LogP contribution is -2.36. The number of aromatic nitrogens is 2. The summed E-state index contributed by atoms with van der Waals surface area (Å²) in [7, 11) is -3.05. The minimum Gasteiger partial charge on any atom is -0.348 e. The number of nitrogens with zero attached hydrogens (tertiary/aromatic N) is 2. The van der Waals surface area contributed by atoms with E-state index in [-0.39, 0.29) is 29.5 Å². The normalized spacial score (nSPS) is 21.9. The summed E-state index contributed by atoms with van der Waals surface area (Å²) in [5.41, 5.74) is 4.49. The molecule has 1 aliphatic carbocycles. The zero-order valence-corrected chi connectivity index (χ0v) is 18.0. The Morgan fingerprint density at radius 3 is 2.48 bits per heavy atom. The van der Waals surface area contributed by atoms with Crippen LogP contribution in [0.4, 0.5) is 0 Å². The molecule has 0 spiro atoms. The Morgan fingerprint density at radius 2 is 1.83 bits per heavy atom. The summed E-state index contributed by atoms with van der Waals surface area (Å²) in [6.07, 6.45) is 6.08. The van der Waals surface area contributed by atoms with E-state index in [1.165, 1.54) is 12.0 Å². The lowest BCUT2D eigenvalue weighted by Gasteiger charge is -2.22. The molecule has 1 aromatic heterocycles. The monoisotopic (exact) mass is 415 g/mol. The van der Waals surface area contributed by atoms with Gasteiger partial charge in [0.25, 0.3) is 5.91 Å². The van der Waals surface area contributed by atoms with Crippen LogP contribution in [0.2, 0.25) is 0 Å². The highest BCUT2D eigenvalue weighted by atomic mass is 32.2. The molecule has 1 saturated heterocycles. The summed E-state index contributed by atoms with van der Waals surface area (Å²) in [5.74, 6) is 0.0885. The van der Waals surface area contributed by atoms with Crippen LogP contribution in [0.15, 0.2) is 24.3 Å². The van der Waals surface area contributed by atoms with Gasteiger partial charge in [-0.2, -0.15) is 5.10 Å². The number of nitrogens with one attached hydrogen (secondary N) is 1. The minimum atomic E-state index is -3.05. The highest BCUT2D eigenvalue weighted by molar-refractivity contribution is 7.91. The topological polar surface area (TPSA) is 81.1 Å². The molecule has 2 heterocycles. The molecular weight excluding hydrogens is 386 g/mol. The highest BCUT2D eigenvalue weighted by Gasteiger charge is 2.32. The Kier molecular flexibility index (Phi) is 5.51. The lowest BCUT2D eigenvalue weighted by atomic mass is 9.95. The van der Waals surface area contributed by atoms with Gasteiger partial charge in [0.15, 0.2) is 15.5 Å². The highest BCUT2D eigenvalue weighted by Crippen LogP contribution is 2.31. The molecule has 1 saturated carbocycles. The second-order valence-corrected chi connectivity index (χ2v) is 10.8. The van der Waals surface area contributed by atoms with Gasteiger partial charge >= 0.3 is 0 Å². The number of benzene rings is 1. The molecule has 1 aliphatic heterocycles. The summed E-state index contributed by atoms with van der Waals surface area (Å²) in [5, 5.41) is 7.71. The van der Waals surface area contributed by atoms with Crippen molar-refractivity contribution in [3.05, 3.63) is 41.1 Å². The molecular formula is C22H29N3O3S. The number of amides is 1. The Morgan fingerprint density at radius 1 is 1.07 bits per heavy atom. The van der Waals surface area contributed by atoms with Gasteiger partial charge in [-0.25, -0.2) is 8.42 Å². The van der Waals surface area contributed by atoms with Crippen molar-refractivity contribution in [1.29, 1.82) is 0 Å². The van der Waals surface area contributed by atoms with Crippen molar-refractivity contribution < 1.29 is 13.2 Å². The first-order valence-electron chi connectivity index (χ1n) is 10.5. The summed E-state index contributed by atoms with van der Waals surface area (Å²) < 4.78 is 25.9. The van der Waals surface area contributed by atoms with Gasteiger partial charge in [0.2, 0.25) is 0 Å². The molecule has 0 bridgehead atoms. The molecule has 1 amide bonds. The fraction of sp³-hybridized carbons (Fsp3) is 0.545. The molecule has 1 atom stereocenters. The van der Waals surface area contributed by atoms with Crippen LogP contribution in [0, 0.1) is 13.8 Å². The maximum absolute atomic E-state index is 12.9. The van der Waals surface area contributed by atoms with Crippen molar-refractivity contribution >= 4 is 15.7 Å². The van der Waals surface area contributed by atoms with E-state index in [2.05, 4.69) is 36.4 Å². The number of carbonyl (C=O) groups excluding carboxylic acids is 1. The van der Waals surface area contributed by atoms with Gasteiger partial charge in [0.05, 0.1) is 23.2 Å². The van der Waals surface area contributed by atoms with Gasteiger partial charge in [0, 0.05) is 11.6 Å². The van der Waals surface area contributed by atoms with E-state index in [1.807, 2.05) is 12.1 Å². The molecule has 4 rings (SSSR count). The zero-order chi connectivity index (χ0) is 20.6. The van der Waals surface area contributed by atoms with Crippen LogP contribution in [-0.4, -0.2) is 41.7 Å². The molecule has 156 valence electrons. The van der Waals surface area contributed by atoms with Crippen LogP contribution in [0.25, 0.3) is 11.3 Å².